The normalized spacial score (nSPS) is 18.7. The van der Waals surface area contributed by atoms with E-state index in [1.165, 1.54) is 6.42 Å². The molecule has 2 rings (SSSR count). The van der Waals surface area contributed by atoms with E-state index in [1.54, 1.807) is 25.1 Å². The van der Waals surface area contributed by atoms with Gasteiger partial charge < -0.3 is 10.4 Å². The molecule has 0 atom stereocenters. The Bertz CT molecular complexity index is 548. The standard InChI is InChI=1S/C15H23NO3S/c1-2-20(18,19)14-9-5-4-8-13(14)16-15(12-17)10-6-3-7-11-15/h4-5,8-9,16-17H,2-3,6-7,10-12H2,1H3. The van der Waals surface area contributed by atoms with E-state index in [1.807, 2.05) is 6.07 Å². The fraction of sp³-hybridized carbons (Fsp3) is 0.600. The lowest BCUT2D eigenvalue weighted by molar-refractivity contribution is 0.172. The number of aliphatic hydroxyl groups is 1. The van der Waals surface area contributed by atoms with Gasteiger partial charge >= 0.3 is 0 Å². The summed E-state index contributed by atoms with van der Waals surface area (Å²) >= 11 is 0. The molecule has 112 valence electrons. The average molecular weight is 297 g/mol. The largest absolute Gasteiger partial charge is 0.394 e. The lowest BCUT2D eigenvalue weighted by Gasteiger charge is -2.38. The number of benzene rings is 1. The van der Waals surface area contributed by atoms with Gasteiger partial charge in [-0.1, -0.05) is 38.3 Å². The first-order valence-electron chi connectivity index (χ1n) is 7.24. The monoisotopic (exact) mass is 297 g/mol. The number of para-hydroxylation sites is 1. The minimum Gasteiger partial charge on any atom is -0.394 e. The molecule has 1 fully saturated rings. The highest BCUT2D eigenvalue weighted by Gasteiger charge is 2.32. The van der Waals surface area contributed by atoms with E-state index in [9.17, 15) is 13.5 Å². The van der Waals surface area contributed by atoms with E-state index in [0.717, 1.165) is 25.7 Å². The zero-order chi connectivity index (χ0) is 14.6. The molecule has 20 heavy (non-hydrogen) atoms. The molecule has 0 radical (unpaired) electrons. The number of aliphatic hydroxyl groups excluding tert-OH is 1. The van der Waals surface area contributed by atoms with Gasteiger partial charge in [-0.25, -0.2) is 8.42 Å². The van der Waals surface area contributed by atoms with Crippen molar-refractivity contribution >= 4 is 15.5 Å². The van der Waals surface area contributed by atoms with Gasteiger partial charge in [-0.15, -0.1) is 0 Å². The van der Waals surface area contributed by atoms with Gasteiger partial charge in [0.25, 0.3) is 0 Å². The van der Waals surface area contributed by atoms with Crippen LogP contribution >= 0.6 is 0 Å². The number of sulfone groups is 1. The first-order valence-corrected chi connectivity index (χ1v) is 8.89. The SMILES string of the molecule is CCS(=O)(=O)c1ccccc1NC1(CO)CCCCC1. The van der Waals surface area contributed by atoms with Crippen molar-refractivity contribution in [3.05, 3.63) is 24.3 Å². The van der Waals surface area contributed by atoms with Crippen molar-refractivity contribution in [3.63, 3.8) is 0 Å². The third-order valence-corrected chi connectivity index (χ3v) is 5.90. The molecule has 4 nitrogen and oxygen atoms in total. The van der Waals surface area contributed by atoms with Gasteiger partial charge in [-0.05, 0) is 25.0 Å². The number of hydrogen-bond acceptors (Lipinski definition) is 4. The third-order valence-electron chi connectivity index (χ3n) is 4.12. The first kappa shape index (κ1) is 15.3. The molecular weight excluding hydrogens is 274 g/mol. The molecule has 1 aliphatic carbocycles. The molecule has 0 amide bonds. The molecule has 2 N–H and O–H groups in total. The van der Waals surface area contributed by atoms with Crippen LogP contribution in [0.1, 0.15) is 39.0 Å². The van der Waals surface area contributed by atoms with E-state index in [2.05, 4.69) is 5.32 Å². The highest BCUT2D eigenvalue weighted by atomic mass is 32.2. The van der Waals surface area contributed by atoms with Gasteiger partial charge in [-0.3, -0.25) is 0 Å². The molecule has 0 aromatic heterocycles. The van der Waals surface area contributed by atoms with Crippen LogP contribution in [-0.4, -0.2) is 31.4 Å². The second-order valence-electron chi connectivity index (χ2n) is 5.52. The van der Waals surface area contributed by atoms with Gasteiger partial charge in [0.1, 0.15) is 0 Å². The molecule has 0 aliphatic heterocycles. The Morgan fingerprint density at radius 3 is 2.45 bits per heavy atom. The van der Waals surface area contributed by atoms with Crippen molar-refractivity contribution in [3.8, 4) is 0 Å². The van der Waals surface area contributed by atoms with Crippen molar-refractivity contribution < 1.29 is 13.5 Å². The minimum atomic E-state index is -3.26. The molecule has 0 spiro atoms. The molecule has 1 aromatic rings. The minimum absolute atomic E-state index is 0.0352. The zero-order valence-corrected chi connectivity index (χ0v) is 12.7. The average Bonchev–Trinajstić information content (AvgIpc) is 2.48. The smallest absolute Gasteiger partial charge is 0.180 e. The van der Waals surface area contributed by atoms with Crippen LogP contribution in [0, 0.1) is 0 Å². The lowest BCUT2D eigenvalue weighted by atomic mass is 9.82. The molecule has 5 heteroatoms. The highest BCUT2D eigenvalue weighted by molar-refractivity contribution is 7.91. The third kappa shape index (κ3) is 3.15. The summed E-state index contributed by atoms with van der Waals surface area (Å²) in [6.45, 7) is 1.68. The van der Waals surface area contributed by atoms with E-state index in [0.29, 0.717) is 10.6 Å². The maximum atomic E-state index is 12.2. The van der Waals surface area contributed by atoms with E-state index in [4.69, 9.17) is 0 Å². The van der Waals surface area contributed by atoms with E-state index >= 15 is 0 Å². The van der Waals surface area contributed by atoms with Gasteiger partial charge in [0, 0.05) is 0 Å². The van der Waals surface area contributed by atoms with Crippen molar-refractivity contribution in [2.75, 3.05) is 17.7 Å². The summed E-state index contributed by atoms with van der Waals surface area (Å²) in [5.74, 6) is 0.0812. The van der Waals surface area contributed by atoms with E-state index in [-0.39, 0.29) is 17.9 Å². The molecule has 1 aliphatic rings. The number of nitrogens with one attached hydrogen (secondary N) is 1. The molecule has 0 bridgehead atoms. The molecule has 0 saturated heterocycles. The first-order chi connectivity index (χ1) is 9.53. The fourth-order valence-electron chi connectivity index (χ4n) is 2.83. The second kappa shape index (κ2) is 6.14. The zero-order valence-electron chi connectivity index (χ0n) is 11.9. The van der Waals surface area contributed by atoms with Gasteiger partial charge in [0.2, 0.25) is 0 Å². The maximum absolute atomic E-state index is 12.2. The number of hydrogen-bond donors (Lipinski definition) is 2. The summed E-state index contributed by atoms with van der Waals surface area (Å²) in [5, 5.41) is 13.1. The van der Waals surface area contributed by atoms with Gasteiger partial charge in [-0.2, -0.15) is 0 Å². The van der Waals surface area contributed by atoms with Crippen LogP contribution in [0.15, 0.2) is 29.2 Å². The Morgan fingerprint density at radius 2 is 1.85 bits per heavy atom. The van der Waals surface area contributed by atoms with Crippen LogP contribution in [0.4, 0.5) is 5.69 Å². The Labute approximate surface area is 121 Å². The summed E-state index contributed by atoms with van der Waals surface area (Å²) in [5.41, 5.74) is 0.239. The van der Waals surface area contributed by atoms with Crippen LogP contribution in [0.25, 0.3) is 0 Å². The maximum Gasteiger partial charge on any atom is 0.180 e. The summed E-state index contributed by atoms with van der Waals surface area (Å²) in [6.07, 6.45) is 5.07. The van der Waals surface area contributed by atoms with Crippen LogP contribution in [0.5, 0.6) is 0 Å². The van der Waals surface area contributed by atoms with Crippen LogP contribution in [0.3, 0.4) is 0 Å². The lowest BCUT2D eigenvalue weighted by Crippen LogP contribution is -2.44. The van der Waals surface area contributed by atoms with Gasteiger partial charge in [0.05, 0.1) is 28.5 Å². The predicted octanol–water partition coefficient (Wildman–Crippen LogP) is 2.59. The molecule has 0 heterocycles. The van der Waals surface area contributed by atoms with Crippen LogP contribution in [-0.2, 0) is 9.84 Å². The summed E-state index contributed by atoms with van der Waals surface area (Å²) < 4.78 is 24.3. The summed E-state index contributed by atoms with van der Waals surface area (Å²) in [4.78, 5) is 0.334. The molecule has 1 aromatic carbocycles. The second-order valence-corrected chi connectivity index (χ2v) is 7.77. The van der Waals surface area contributed by atoms with Crippen molar-refractivity contribution in [1.82, 2.24) is 0 Å². The fourth-order valence-corrected chi connectivity index (χ4v) is 3.88. The summed E-state index contributed by atoms with van der Waals surface area (Å²) in [6, 6.07) is 6.98. The van der Waals surface area contributed by atoms with Crippen molar-refractivity contribution in [2.24, 2.45) is 0 Å². The van der Waals surface area contributed by atoms with Gasteiger partial charge in [0.15, 0.2) is 9.84 Å². The quantitative estimate of drug-likeness (QED) is 0.876. The van der Waals surface area contributed by atoms with E-state index < -0.39 is 9.84 Å². The Morgan fingerprint density at radius 1 is 1.20 bits per heavy atom. The van der Waals surface area contributed by atoms with Crippen molar-refractivity contribution in [2.45, 2.75) is 49.5 Å². The Balaban J connectivity index is 2.34. The predicted molar refractivity (Wildman–Crippen MR) is 80.7 cm³/mol. The Kier molecular flexibility index (Phi) is 4.70. The molecule has 1 saturated carbocycles. The Hall–Kier alpha value is -1.07. The number of anilines is 1. The molecular formula is C15H23NO3S. The van der Waals surface area contributed by atoms with Crippen LogP contribution < -0.4 is 5.32 Å². The number of rotatable bonds is 5. The topological polar surface area (TPSA) is 66.4 Å². The van der Waals surface area contributed by atoms with Crippen LogP contribution in [0.2, 0.25) is 0 Å². The van der Waals surface area contributed by atoms with Crippen molar-refractivity contribution in [1.29, 1.82) is 0 Å². The highest BCUT2D eigenvalue weighted by Crippen LogP contribution is 2.33. The summed E-state index contributed by atoms with van der Waals surface area (Å²) in [7, 11) is -3.26. The molecule has 0 unspecified atom stereocenters.